The first-order valence-corrected chi connectivity index (χ1v) is 12.4. The molecular weight excluding hydrogens is 476 g/mol. The molecule has 200 valence electrons. The van der Waals surface area contributed by atoms with E-state index in [1.807, 2.05) is 39.8 Å². The minimum atomic E-state index is -2.57. The molecule has 3 aliphatic rings. The minimum Gasteiger partial charge on any atom is -0.508 e. The van der Waals surface area contributed by atoms with Crippen molar-refractivity contribution in [3.05, 3.63) is 40.2 Å². The average Bonchev–Trinajstić information content (AvgIpc) is 2.74. The number of phenolic OH excluding ortho intramolecular Hbond substituents is 1. The Morgan fingerprint density at radius 2 is 1.70 bits per heavy atom. The monoisotopic (exact) mass is 512 g/mol. The number of phenols is 1. The Kier molecular flexibility index (Phi) is 6.32. The number of fused-ring (bicyclic) bond motifs is 3. The molecule has 0 saturated heterocycles. The number of aliphatic hydroxyl groups is 3. The molecule has 1 fully saturated rings. The number of aliphatic hydroxyl groups excluding tert-OH is 2. The summed E-state index contributed by atoms with van der Waals surface area (Å²) in [5, 5.41) is 45.0. The maximum absolute atomic E-state index is 14.0. The minimum absolute atomic E-state index is 0.0711. The van der Waals surface area contributed by atoms with Crippen molar-refractivity contribution in [1.82, 2.24) is 4.90 Å². The van der Waals surface area contributed by atoms with Gasteiger partial charge in [0.15, 0.2) is 17.2 Å². The lowest BCUT2D eigenvalue weighted by atomic mass is 9.57. The van der Waals surface area contributed by atoms with E-state index in [0.717, 1.165) is 5.69 Å². The number of hydrogen-bond acceptors (Lipinski definition) is 9. The highest BCUT2D eigenvalue weighted by molar-refractivity contribution is 6.25. The van der Waals surface area contributed by atoms with Gasteiger partial charge in [0.05, 0.1) is 11.6 Å². The van der Waals surface area contributed by atoms with Crippen molar-refractivity contribution < 1.29 is 34.8 Å². The summed E-state index contributed by atoms with van der Waals surface area (Å²) in [7, 11) is 6.91. The summed E-state index contributed by atoms with van der Waals surface area (Å²) in [5.74, 6) is -5.46. The second kappa shape index (κ2) is 8.70. The fraction of sp³-hybridized carbons (Fsp3) is 0.536. The number of benzene rings is 1. The summed E-state index contributed by atoms with van der Waals surface area (Å²) in [6.45, 7) is 5.43. The van der Waals surface area contributed by atoms with Crippen LogP contribution >= 0.6 is 0 Å². The normalized spacial score (nSPS) is 27.8. The summed E-state index contributed by atoms with van der Waals surface area (Å²) in [6, 6.07) is 2.12. The van der Waals surface area contributed by atoms with Crippen LogP contribution in [0.2, 0.25) is 0 Å². The van der Waals surface area contributed by atoms with E-state index in [-0.39, 0.29) is 36.1 Å². The van der Waals surface area contributed by atoms with Gasteiger partial charge in [0.1, 0.15) is 22.8 Å². The molecule has 0 amide bonds. The molecular formula is C28H36N2O7. The van der Waals surface area contributed by atoms with Gasteiger partial charge in [-0.2, -0.15) is 0 Å². The summed E-state index contributed by atoms with van der Waals surface area (Å²) >= 11 is 0. The number of aromatic hydroxyl groups is 1. The number of rotatable bonds is 4. The smallest absolute Gasteiger partial charge is 0.202 e. The van der Waals surface area contributed by atoms with Gasteiger partial charge in [0, 0.05) is 37.7 Å². The molecule has 4 rings (SSSR count). The second-order valence-corrected chi connectivity index (χ2v) is 12.1. The van der Waals surface area contributed by atoms with E-state index in [1.54, 1.807) is 25.1 Å². The van der Waals surface area contributed by atoms with E-state index in [9.17, 15) is 34.8 Å². The Morgan fingerprint density at radius 3 is 2.24 bits per heavy atom. The molecule has 0 heterocycles. The Labute approximate surface area is 216 Å². The van der Waals surface area contributed by atoms with Gasteiger partial charge in [0.25, 0.3) is 0 Å². The van der Waals surface area contributed by atoms with Gasteiger partial charge in [-0.1, -0.05) is 20.8 Å². The number of hydrogen-bond donors (Lipinski definition) is 4. The number of nitrogens with zero attached hydrogens (tertiary/aromatic N) is 2. The number of carbonyl (C=O) groups excluding carboxylic acids is 3. The van der Waals surface area contributed by atoms with E-state index in [4.69, 9.17) is 0 Å². The molecule has 0 aromatic heterocycles. The highest BCUT2D eigenvalue weighted by atomic mass is 16.3. The molecule has 0 radical (unpaired) electrons. The van der Waals surface area contributed by atoms with Crippen LogP contribution in [0.15, 0.2) is 29.0 Å². The highest BCUT2D eigenvalue weighted by Gasteiger charge is 2.64. The van der Waals surface area contributed by atoms with Crippen LogP contribution in [0, 0.1) is 17.3 Å². The molecule has 4 atom stereocenters. The highest BCUT2D eigenvalue weighted by Crippen LogP contribution is 2.53. The zero-order chi connectivity index (χ0) is 27.8. The molecule has 4 N–H and O–H groups in total. The predicted molar refractivity (Wildman–Crippen MR) is 138 cm³/mol. The van der Waals surface area contributed by atoms with Crippen LogP contribution in [0.5, 0.6) is 5.75 Å². The van der Waals surface area contributed by atoms with Crippen LogP contribution in [0.3, 0.4) is 0 Å². The van der Waals surface area contributed by atoms with Crippen LogP contribution < -0.4 is 4.90 Å². The van der Waals surface area contributed by atoms with E-state index in [0.29, 0.717) is 5.56 Å². The van der Waals surface area contributed by atoms with Crippen molar-refractivity contribution in [2.45, 2.75) is 51.7 Å². The van der Waals surface area contributed by atoms with Gasteiger partial charge in [-0.15, -0.1) is 0 Å². The number of ketones is 3. The molecule has 1 aromatic carbocycles. The standard InChI is InChI=1S/C28H36N2O7/c1-27(2,3)12-18(32)21-24(34)22(30(6)7)15-11-13-10-14-16(29(4)5)8-9-17(31)20(14)23(33)19(13)25(35)28(15,37)26(21)36/h8-9,13,15,22,31,33,36-37H,10-12H2,1-7H3. The largest absolute Gasteiger partial charge is 0.508 e. The fourth-order valence-corrected chi connectivity index (χ4v) is 6.25. The first-order valence-electron chi connectivity index (χ1n) is 12.4. The van der Waals surface area contributed by atoms with Crippen molar-refractivity contribution in [1.29, 1.82) is 0 Å². The molecule has 0 aliphatic heterocycles. The van der Waals surface area contributed by atoms with Gasteiger partial charge in [-0.3, -0.25) is 19.3 Å². The van der Waals surface area contributed by atoms with Crippen molar-refractivity contribution >= 4 is 28.8 Å². The third-order valence-electron chi connectivity index (χ3n) is 7.78. The van der Waals surface area contributed by atoms with Gasteiger partial charge in [0.2, 0.25) is 5.78 Å². The predicted octanol–water partition coefficient (Wildman–Crippen LogP) is 2.55. The van der Waals surface area contributed by atoms with Crippen LogP contribution in [-0.2, 0) is 20.8 Å². The van der Waals surface area contributed by atoms with Crippen molar-refractivity contribution in [3.8, 4) is 5.75 Å². The Hall–Kier alpha value is -3.17. The first-order chi connectivity index (χ1) is 17.0. The lowest BCUT2D eigenvalue weighted by molar-refractivity contribution is -0.153. The van der Waals surface area contributed by atoms with Crippen LogP contribution in [0.25, 0.3) is 5.76 Å². The van der Waals surface area contributed by atoms with Gasteiger partial charge < -0.3 is 25.3 Å². The van der Waals surface area contributed by atoms with Gasteiger partial charge in [-0.05, 0) is 56.0 Å². The number of likely N-dealkylation sites (N-methyl/N-ethyl adjacent to an activating group) is 1. The van der Waals surface area contributed by atoms with E-state index in [2.05, 4.69) is 0 Å². The zero-order valence-electron chi connectivity index (χ0n) is 22.4. The summed E-state index contributed by atoms with van der Waals surface area (Å²) in [6.07, 6.45) is 0.310. The van der Waals surface area contributed by atoms with Crippen LogP contribution in [-0.4, -0.2) is 82.5 Å². The molecule has 9 nitrogen and oxygen atoms in total. The summed E-state index contributed by atoms with van der Waals surface area (Å²) < 4.78 is 0. The van der Waals surface area contributed by atoms with Gasteiger partial charge in [-0.25, -0.2) is 0 Å². The van der Waals surface area contributed by atoms with E-state index >= 15 is 0 Å². The van der Waals surface area contributed by atoms with Crippen LogP contribution in [0.1, 0.15) is 44.7 Å². The molecule has 0 spiro atoms. The van der Waals surface area contributed by atoms with E-state index in [1.165, 1.54) is 6.07 Å². The molecule has 1 aromatic rings. The lowest BCUT2D eigenvalue weighted by Crippen LogP contribution is -2.65. The Bertz CT molecular complexity index is 1270. The third-order valence-corrected chi connectivity index (χ3v) is 7.78. The topological polar surface area (TPSA) is 139 Å². The SMILES string of the molecule is CN(C)c1ccc(O)c2c1CC1CC3C(N(C)C)C(=O)C(C(=O)CC(C)(C)C)=C(O)C3(O)C(=O)C1=C2O. The Balaban J connectivity index is 1.96. The lowest BCUT2D eigenvalue weighted by Gasteiger charge is -2.50. The average molecular weight is 513 g/mol. The van der Waals surface area contributed by atoms with Crippen molar-refractivity contribution in [2.75, 3.05) is 33.1 Å². The van der Waals surface area contributed by atoms with Crippen molar-refractivity contribution in [2.24, 2.45) is 17.3 Å². The molecule has 4 unspecified atom stereocenters. The zero-order valence-corrected chi connectivity index (χ0v) is 22.4. The van der Waals surface area contributed by atoms with Gasteiger partial charge >= 0.3 is 0 Å². The molecule has 1 saturated carbocycles. The summed E-state index contributed by atoms with van der Waals surface area (Å²) in [5.41, 5.74) is -2.23. The van der Waals surface area contributed by atoms with E-state index < -0.39 is 63.3 Å². The van der Waals surface area contributed by atoms with Crippen molar-refractivity contribution in [3.63, 3.8) is 0 Å². The molecule has 37 heavy (non-hydrogen) atoms. The summed E-state index contributed by atoms with van der Waals surface area (Å²) in [4.78, 5) is 44.2. The number of carbonyl (C=O) groups is 3. The third kappa shape index (κ3) is 3.95. The maximum Gasteiger partial charge on any atom is 0.202 e. The molecule has 3 aliphatic carbocycles. The first kappa shape index (κ1) is 26.9. The second-order valence-electron chi connectivity index (χ2n) is 12.1. The Morgan fingerprint density at radius 1 is 1.08 bits per heavy atom. The molecule has 9 heteroatoms. The maximum atomic E-state index is 14.0. The molecule has 0 bridgehead atoms. The fourth-order valence-electron chi connectivity index (χ4n) is 6.25. The number of Topliss-reactive ketones (excluding diaryl/α,β-unsaturated/α-hetero) is 3. The van der Waals surface area contributed by atoms with Crippen LogP contribution in [0.4, 0.5) is 5.69 Å². The number of anilines is 1. The quantitative estimate of drug-likeness (QED) is 0.448.